The van der Waals surface area contributed by atoms with Gasteiger partial charge in [-0.05, 0) is 42.3 Å². The fraction of sp³-hybridized carbons (Fsp3) is 0.250. The van der Waals surface area contributed by atoms with Gasteiger partial charge in [0.1, 0.15) is 0 Å². The second-order valence-electron chi connectivity index (χ2n) is 7.50. The Bertz CT molecular complexity index is 1330. The minimum atomic E-state index is -3.72. The Morgan fingerprint density at radius 3 is 2.42 bits per heavy atom. The molecule has 0 saturated carbocycles. The number of nitrogens with zero attached hydrogens (tertiary/aromatic N) is 2. The van der Waals surface area contributed by atoms with Gasteiger partial charge in [0.05, 0.1) is 17.1 Å². The van der Waals surface area contributed by atoms with Gasteiger partial charge in [-0.3, -0.25) is 9.59 Å². The van der Waals surface area contributed by atoms with Crippen molar-refractivity contribution in [3.63, 3.8) is 0 Å². The largest absolute Gasteiger partial charge is 0.321 e. The average molecular weight is 488 g/mol. The molecular formula is C24H26ClN3O4S. The highest BCUT2D eigenvalue weighted by Gasteiger charge is 2.24. The van der Waals surface area contributed by atoms with Gasteiger partial charge in [0.2, 0.25) is 10.0 Å². The summed E-state index contributed by atoms with van der Waals surface area (Å²) < 4.78 is 28.7. The zero-order valence-corrected chi connectivity index (χ0v) is 20.3. The highest BCUT2D eigenvalue weighted by Crippen LogP contribution is 2.22. The molecule has 1 heterocycles. The van der Waals surface area contributed by atoms with E-state index in [0.717, 1.165) is 5.56 Å². The first-order valence-corrected chi connectivity index (χ1v) is 12.3. The Labute approximate surface area is 198 Å². The van der Waals surface area contributed by atoms with Crippen molar-refractivity contribution in [2.24, 2.45) is 0 Å². The van der Waals surface area contributed by atoms with Crippen LogP contribution in [0.1, 0.15) is 35.3 Å². The molecule has 0 aliphatic rings. The van der Waals surface area contributed by atoms with Crippen LogP contribution in [0.15, 0.2) is 70.5 Å². The maximum Gasteiger partial charge on any atom is 0.255 e. The second-order valence-corrected chi connectivity index (χ2v) is 9.81. The molecule has 3 aromatic rings. The summed E-state index contributed by atoms with van der Waals surface area (Å²) in [5, 5.41) is 3.28. The number of hydrogen-bond acceptors (Lipinski definition) is 4. The van der Waals surface area contributed by atoms with Crippen LogP contribution < -0.4 is 10.9 Å². The SMILES string of the molecule is CCN(CC)S(=O)(=O)c1cc(C(=O)Nc2ccc(=O)n(Cc3ccccc3Cl)c2)ccc1C. The average Bonchev–Trinajstić information content (AvgIpc) is 2.78. The van der Waals surface area contributed by atoms with E-state index in [4.69, 9.17) is 11.6 Å². The van der Waals surface area contributed by atoms with Crippen LogP contribution >= 0.6 is 11.6 Å². The fourth-order valence-electron chi connectivity index (χ4n) is 3.46. The molecule has 3 rings (SSSR count). The number of carbonyl (C=O) groups is 1. The van der Waals surface area contributed by atoms with Gasteiger partial charge in [0, 0.05) is 35.9 Å². The lowest BCUT2D eigenvalue weighted by Crippen LogP contribution is -2.31. The molecule has 1 amide bonds. The molecule has 174 valence electrons. The van der Waals surface area contributed by atoms with Crippen LogP contribution in [-0.2, 0) is 16.6 Å². The number of rotatable bonds is 8. The summed E-state index contributed by atoms with van der Waals surface area (Å²) in [4.78, 5) is 25.3. The van der Waals surface area contributed by atoms with E-state index in [0.29, 0.717) is 29.4 Å². The van der Waals surface area contributed by atoms with Crippen LogP contribution in [0.3, 0.4) is 0 Å². The molecule has 0 fully saturated rings. The molecule has 2 aromatic carbocycles. The van der Waals surface area contributed by atoms with Gasteiger partial charge >= 0.3 is 0 Å². The first-order chi connectivity index (χ1) is 15.7. The number of hydrogen-bond donors (Lipinski definition) is 1. The number of amides is 1. The van der Waals surface area contributed by atoms with Crippen molar-refractivity contribution in [3.8, 4) is 0 Å². The first-order valence-electron chi connectivity index (χ1n) is 10.5. The number of pyridine rings is 1. The molecule has 0 spiro atoms. The van der Waals surface area contributed by atoms with Crippen LogP contribution in [0.2, 0.25) is 5.02 Å². The van der Waals surface area contributed by atoms with E-state index in [1.165, 1.54) is 33.3 Å². The maximum absolute atomic E-state index is 13.0. The van der Waals surface area contributed by atoms with Crippen LogP contribution in [0.25, 0.3) is 0 Å². The summed E-state index contributed by atoms with van der Waals surface area (Å²) in [6, 6.07) is 14.6. The molecule has 0 radical (unpaired) electrons. The molecule has 0 saturated heterocycles. The predicted molar refractivity (Wildman–Crippen MR) is 130 cm³/mol. The summed E-state index contributed by atoms with van der Waals surface area (Å²) in [7, 11) is -3.72. The molecule has 1 aromatic heterocycles. The lowest BCUT2D eigenvalue weighted by Gasteiger charge is -2.20. The number of aryl methyl sites for hydroxylation is 1. The normalized spacial score (nSPS) is 11.5. The quantitative estimate of drug-likeness (QED) is 0.517. The molecule has 0 atom stereocenters. The standard InChI is InChI=1S/C24H26ClN3O4S/c1-4-28(5-2)33(31,32)22-14-18(11-10-17(22)3)24(30)26-20-12-13-23(29)27(16-20)15-19-8-6-7-9-21(19)25/h6-14,16H,4-5,15H2,1-3H3,(H,26,30). The summed E-state index contributed by atoms with van der Waals surface area (Å²) >= 11 is 6.20. The summed E-state index contributed by atoms with van der Waals surface area (Å²) in [5.41, 5.74) is 1.70. The smallest absolute Gasteiger partial charge is 0.255 e. The Morgan fingerprint density at radius 1 is 1.06 bits per heavy atom. The third kappa shape index (κ3) is 5.52. The molecule has 33 heavy (non-hydrogen) atoms. The molecule has 0 unspecified atom stereocenters. The minimum absolute atomic E-state index is 0.0996. The number of halogens is 1. The Balaban J connectivity index is 1.88. The lowest BCUT2D eigenvalue weighted by molar-refractivity contribution is 0.102. The van der Waals surface area contributed by atoms with Crippen LogP contribution in [0, 0.1) is 6.92 Å². The number of sulfonamides is 1. The lowest BCUT2D eigenvalue weighted by atomic mass is 10.1. The van der Waals surface area contributed by atoms with E-state index in [-0.39, 0.29) is 22.6 Å². The van der Waals surface area contributed by atoms with Crippen molar-refractivity contribution in [2.45, 2.75) is 32.2 Å². The fourth-order valence-corrected chi connectivity index (χ4v) is 5.37. The molecular weight excluding hydrogens is 462 g/mol. The minimum Gasteiger partial charge on any atom is -0.321 e. The molecule has 1 N–H and O–H groups in total. The van der Waals surface area contributed by atoms with Gasteiger partial charge in [-0.25, -0.2) is 8.42 Å². The van der Waals surface area contributed by atoms with Crippen LogP contribution in [0.5, 0.6) is 0 Å². The van der Waals surface area contributed by atoms with Crippen LogP contribution in [0.4, 0.5) is 5.69 Å². The predicted octanol–water partition coefficient (Wildman–Crippen LogP) is 4.14. The topological polar surface area (TPSA) is 88.5 Å². The number of benzene rings is 2. The third-order valence-corrected chi connectivity index (χ3v) is 7.87. The van der Waals surface area contributed by atoms with E-state index in [1.807, 2.05) is 18.2 Å². The molecule has 9 heteroatoms. The second kappa shape index (κ2) is 10.3. The third-order valence-electron chi connectivity index (χ3n) is 5.31. The van der Waals surface area contributed by atoms with Crippen molar-refractivity contribution < 1.29 is 13.2 Å². The van der Waals surface area contributed by atoms with E-state index in [1.54, 1.807) is 39.0 Å². The first kappa shape index (κ1) is 24.7. The zero-order valence-electron chi connectivity index (χ0n) is 18.7. The molecule has 0 aliphatic carbocycles. The van der Waals surface area contributed by atoms with Crippen molar-refractivity contribution in [3.05, 3.63) is 92.9 Å². The summed E-state index contributed by atoms with van der Waals surface area (Å²) in [6.45, 7) is 6.15. The summed E-state index contributed by atoms with van der Waals surface area (Å²) in [5.74, 6) is -0.478. The maximum atomic E-state index is 13.0. The van der Waals surface area contributed by atoms with Gasteiger partial charge in [-0.1, -0.05) is 49.7 Å². The Morgan fingerprint density at radius 2 is 1.76 bits per heavy atom. The molecule has 0 bridgehead atoms. The van der Waals surface area contributed by atoms with Crippen molar-refractivity contribution >= 4 is 33.2 Å². The van der Waals surface area contributed by atoms with Gasteiger partial charge in [0.15, 0.2) is 0 Å². The molecule has 7 nitrogen and oxygen atoms in total. The Hall–Kier alpha value is -2.94. The van der Waals surface area contributed by atoms with Gasteiger partial charge in [-0.2, -0.15) is 4.31 Å². The van der Waals surface area contributed by atoms with Gasteiger partial charge in [-0.15, -0.1) is 0 Å². The van der Waals surface area contributed by atoms with E-state index >= 15 is 0 Å². The van der Waals surface area contributed by atoms with E-state index in [2.05, 4.69) is 5.32 Å². The van der Waals surface area contributed by atoms with E-state index in [9.17, 15) is 18.0 Å². The Kier molecular flexibility index (Phi) is 7.73. The highest BCUT2D eigenvalue weighted by atomic mass is 35.5. The van der Waals surface area contributed by atoms with Gasteiger partial charge < -0.3 is 9.88 Å². The zero-order chi connectivity index (χ0) is 24.2. The van der Waals surface area contributed by atoms with Crippen molar-refractivity contribution in [2.75, 3.05) is 18.4 Å². The van der Waals surface area contributed by atoms with Crippen LogP contribution in [-0.4, -0.2) is 36.3 Å². The monoisotopic (exact) mass is 487 g/mol. The number of carbonyl (C=O) groups excluding carboxylic acids is 1. The number of nitrogens with one attached hydrogen (secondary N) is 1. The number of anilines is 1. The van der Waals surface area contributed by atoms with Crippen molar-refractivity contribution in [1.29, 1.82) is 0 Å². The van der Waals surface area contributed by atoms with Crippen molar-refractivity contribution in [1.82, 2.24) is 8.87 Å². The van der Waals surface area contributed by atoms with Gasteiger partial charge in [0.25, 0.3) is 11.5 Å². The highest BCUT2D eigenvalue weighted by molar-refractivity contribution is 7.89. The number of aromatic nitrogens is 1. The van der Waals surface area contributed by atoms with E-state index < -0.39 is 15.9 Å². The molecule has 0 aliphatic heterocycles. The summed E-state index contributed by atoms with van der Waals surface area (Å²) in [6.07, 6.45) is 1.53.